The van der Waals surface area contributed by atoms with Crippen molar-refractivity contribution >= 4 is 28.8 Å². The summed E-state index contributed by atoms with van der Waals surface area (Å²) >= 11 is 1.33. The number of hydrogen-bond donors (Lipinski definition) is 1. The van der Waals surface area contributed by atoms with Crippen molar-refractivity contribution in [2.75, 3.05) is 31.6 Å². The number of amidine groups is 1. The van der Waals surface area contributed by atoms with Gasteiger partial charge in [-0.1, -0.05) is 48.2 Å². The Morgan fingerprint density at radius 2 is 1.91 bits per heavy atom. The molecule has 2 aliphatic heterocycles. The minimum atomic E-state index is -0.753. The lowest BCUT2D eigenvalue weighted by Crippen LogP contribution is -2.43. The zero-order valence-corrected chi connectivity index (χ0v) is 19.1. The number of methoxy groups -OCH3 is 1. The summed E-state index contributed by atoms with van der Waals surface area (Å²) < 4.78 is 33.2. The van der Waals surface area contributed by atoms with E-state index in [9.17, 15) is 9.18 Å². The van der Waals surface area contributed by atoms with Gasteiger partial charge in [0.1, 0.15) is 5.82 Å². The number of anilines is 1. The molecule has 174 valence electrons. The van der Waals surface area contributed by atoms with E-state index in [4.69, 9.17) is 4.74 Å². The number of thioether (sulfide) groups is 1. The molecule has 34 heavy (non-hydrogen) atoms. The molecule has 0 spiro atoms. The highest BCUT2D eigenvalue weighted by Gasteiger charge is 2.53. The number of halogens is 2. The zero-order chi connectivity index (χ0) is 23.7. The number of nitrogens with one attached hydrogen (secondary N) is 1. The third-order valence-electron chi connectivity index (χ3n) is 6.02. The number of aromatic nitrogens is 2. The topological polar surface area (TPSA) is 79.7 Å². The molecule has 0 unspecified atom stereocenters. The maximum Gasteiger partial charge on any atom is 0.257 e. The van der Waals surface area contributed by atoms with Crippen LogP contribution in [0.15, 0.2) is 65.8 Å². The van der Waals surface area contributed by atoms with Crippen molar-refractivity contribution < 1.29 is 18.3 Å². The molecular formula is C24H21F2N5O2S. The minimum Gasteiger partial charge on any atom is -0.479 e. The van der Waals surface area contributed by atoms with Gasteiger partial charge in [-0.25, -0.2) is 9.37 Å². The summed E-state index contributed by atoms with van der Waals surface area (Å²) in [4.78, 5) is 27.5. The summed E-state index contributed by atoms with van der Waals surface area (Å²) in [6, 6.07) is 15.5. The van der Waals surface area contributed by atoms with Crippen LogP contribution < -0.4 is 15.0 Å². The maximum atomic E-state index is 15.1. The Labute approximate surface area is 199 Å². The molecule has 0 saturated carbocycles. The number of hydrogen-bond acceptors (Lipinski definition) is 7. The molecule has 2 aromatic carbocycles. The monoisotopic (exact) mass is 481 g/mol. The summed E-state index contributed by atoms with van der Waals surface area (Å²) in [6.45, 7) is 1.21. The zero-order valence-electron chi connectivity index (χ0n) is 18.2. The van der Waals surface area contributed by atoms with Gasteiger partial charge in [0.15, 0.2) is 5.17 Å². The first-order chi connectivity index (χ1) is 16.5. The van der Waals surface area contributed by atoms with E-state index in [1.54, 1.807) is 42.5 Å². The molecule has 3 aromatic rings. The van der Waals surface area contributed by atoms with Crippen LogP contribution in [-0.2, 0) is 4.75 Å². The Bertz CT molecular complexity index is 1260. The van der Waals surface area contributed by atoms with Gasteiger partial charge in [-0.15, -0.1) is 0 Å². The molecule has 0 radical (unpaired) electrons. The first kappa shape index (κ1) is 22.3. The molecule has 2 atom stereocenters. The summed E-state index contributed by atoms with van der Waals surface area (Å²) in [7, 11) is 1.34. The number of carbonyl (C=O) groups excluding carboxylic acids is 1. The third kappa shape index (κ3) is 3.98. The van der Waals surface area contributed by atoms with Gasteiger partial charge in [-0.3, -0.25) is 9.79 Å². The highest BCUT2D eigenvalue weighted by atomic mass is 32.2. The average molecular weight is 482 g/mol. The van der Waals surface area contributed by atoms with Crippen molar-refractivity contribution in [1.82, 2.24) is 15.3 Å². The highest BCUT2D eigenvalue weighted by molar-refractivity contribution is 8.14. The Kier molecular flexibility index (Phi) is 5.91. The summed E-state index contributed by atoms with van der Waals surface area (Å²) in [5.74, 6) is -1.23. The van der Waals surface area contributed by atoms with Gasteiger partial charge in [0.25, 0.3) is 11.8 Å². The van der Waals surface area contributed by atoms with Crippen molar-refractivity contribution in [1.29, 1.82) is 0 Å². The number of nitrogens with zero attached hydrogens (tertiary/aromatic N) is 4. The van der Waals surface area contributed by atoms with Crippen LogP contribution in [0.5, 0.6) is 5.88 Å². The molecule has 2 aliphatic rings. The molecule has 7 nitrogen and oxygen atoms in total. The number of amides is 1. The summed E-state index contributed by atoms with van der Waals surface area (Å²) in [6.07, 6.45) is 1.06. The Morgan fingerprint density at radius 3 is 2.68 bits per heavy atom. The van der Waals surface area contributed by atoms with Gasteiger partial charge >= 0.3 is 0 Å². The number of ether oxygens (including phenoxy) is 1. The fourth-order valence-corrected chi connectivity index (χ4v) is 5.83. The van der Waals surface area contributed by atoms with Crippen LogP contribution in [-0.4, -0.2) is 47.8 Å². The van der Waals surface area contributed by atoms with Crippen molar-refractivity contribution in [2.45, 2.75) is 4.75 Å². The van der Waals surface area contributed by atoms with Crippen molar-refractivity contribution in [3.05, 3.63) is 83.6 Å². The van der Waals surface area contributed by atoms with Gasteiger partial charge in [-0.2, -0.15) is 9.37 Å². The van der Waals surface area contributed by atoms with E-state index in [0.29, 0.717) is 41.9 Å². The number of rotatable bonds is 4. The first-order valence-corrected chi connectivity index (χ1v) is 11.5. The smallest absolute Gasteiger partial charge is 0.257 e. The van der Waals surface area contributed by atoms with E-state index in [2.05, 4.69) is 20.3 Å². The van der Waals surface area contributed by atoms with Crippen molar-refractivity contribution in [3.63, 3.8) is 0 Å². The Balaban J connectivity index is 1.48. The van der Waals surface area contributed by atoms with E-state index < -0.39 is 10.6 Å². The molecule has 0 aliphatic carbocycles. The largest absolute Gasteiger partial charge is 0.479 e. The highest BCUT2D eigenvalue weighted by Crippen LogP contribution is 2.52. The van der Waals surface area contributed by atoms with Crippen LogP contribution in [0.25, 0.3) is 0 Å². The molecule has 1 saturated heterocycles. The SMILES string of the molecule is COc1nc(N2C[C@@H]3CN=C(NC(=O)c4ccccc4)S[C@@]3(c3ccccc3F)C2)ncc1F. The summed E-state index contributed by atoms with van der Waals surface area (Å²) in [5.41, 5.74) is 1.02. The van der Waals surface area contributed by atoms with Gasteiger partial charge in [-0.05, 0) is 18.2 Å². The van der Waals surface area contributed by atoms with Crippen LogP contribution in [0, 0.1) is 17.6 Å². The second-order valence-electron chi connectivity index (χ2n) is 8.04. The number of benzene rings is 2. The molecule has 10 heteroatoms. The van der Waals surface area contributed by atoms with E-state index in [0.717, 1.165) is 6.20 Å². The van der Waals surface area contributed by atoms with E-state index in [1.165, 1.54) is 24.9 Å². The molecule has 1 N–H and O–H groups in total. The fourth-order valence-electron chi connectivity index (χ4n) is 4.39. The quantitative estimate of drug-likeness (QED) is 0.613. The lowest BCUT2D eigenvalue weighted by molar-refractivity contribution is 0.0977. The van der Waals surface area contributed by atoms with Crippen LogP contribution in [0.4, 0.5) is 14.7 Å². The third-order valence-corrected chi connectivity index (χ3v) is 7.49. The molecule has 0 bridgehead atoms. The second-order valence-corrected chi connectivity index (χ2v) is 9.36. The standard InChI is InChI=1S/C24H21F2N5O2S/c1-33-21-19(26)12-27-22(30-21)31-13-16-11-28-23(29-20(32)15-7-3-2-4-8-15)34-24(16,14-31)17-9-5-6-10-18(17)25/h2-10,12,16H,11,13-14H2,1H3,(H,28,29,32)/t16-,24-/m0/s1. The second kappa shape index (κ2) is 9.02. The van der Waals surface area contributed by atoms with Crippen molar-refractivity contribution in [2.24, 2.45) is 10.9 Å². The fraction of sp³-hybridized carbons (Fsp3) is 0.250. The van der Waals surface area contributed by atoms with E-state index in [1.807, 2.05) is 11.0 Å². The first-order valence-electron chi connectivity index (χ1n) is 10.7. The number of aliphatic imine (C=N–C) groups is 1. The number of fused-ring (bicyclic) bond motifs is 1. The van der Waals surface area contributed by atoms with Gasteiger partial charge in [0.2, 0.25) is 11.8 Å². The van der Waals surface area contributed by atoms with Crippen LogP contribution in [0.2, 0.25) is 0 Å². The molecule has 1 amide bonds. The van der Waals surface area contributed by atoms with Crippen LogP contribution >= 0.6 is 11.8 Å². The molecule has 5 rings (SSSR count). The van der Waals surface area contributed by atoms with Crippen molar-refractivity contribution in [3.8, 4) is 5.88 Å². The molecule has 1 fully saturated rings. The summed E-state index contributed by atoms with van der Waals surface area (Å²) in [5, 5.41) is 3.30. The average Bonchev–Trinajstić information content (AvgIpc) is 3.25. The maximum absolute atomic E-state index is 15.1. The minimum absolute atomic E-state index is 0.0913. The molecule has 3 heterocycles. The predicted octanol–water partition coefficient (Wildman–Crippen LogP) is 3.63. The molecular weight excluding hydrogens is 460 g/mol. The van der Waals surface area contributed by atoms with Gasteiger partial charge in [0.05, 0.1) is 18.1 Å². The normalized spacial score (nSPS) is 21.6. The lowest BCUT2D eigenvalue weighted by Gasteiger charge is -2.37. The van der Waals surface area contributed by atoms with Crippen LogP contribution in [0.1, 0.15) is 15.9 Å². The predicted molar refractivity (Wildman–Crippen MR) is 126 cm³/mol. The Hall–Kier alpha value is -3.53. The van der Waals surface area contributed by atoms with Gasteiger partial charge < -0.3 is 15.0 Å². The van der Waals surface area contributed by atoms with E-state index in [-0.39, 0.29) is 23.5 Å². The molecule has 1 aromatic heterocycles. The lowest BCUT2D eigenvalue weighted by atomic mass is 9.87. The van der Waals surface area contributed by atoms with Gasteiger partial charge in [0, 0.05) is 36.7 Å². The van der Waals surface area contributed by atoms with Crippen LogP contribution in [0.3, 0.4) is 0 Å². The van der Waals surface area contributed by atoms with E-state index >= 15 is 4.39 Å². The Morgan fingerprint density at radius 1 is 1.15 bits per heavy atom. The number of carbonyl (C=O) groups is 1.